The van der Waals surface area contributed by atoms with Crippen molar-refractivity contribution in [2.75, 3.05) is 27.2 Å². The van der Waals surface area contributed by atoms with Crippen LogP contribution in [-0.2, 0) is 4.79 Å². The molecule has 172 valence electrons. The molecule has 0 N–H and O–H groups in total. The summed E-state index contributed by atoms with van der Waals surface area (Å²) in [6.45, 7) is 5.62. The lowest BCUT2D eigenvalue weighted by molar-refractivity contribution is -0.134. The molecular weight excluding hydrogens is 410 g/mol. The smallest absolute Gasteiger partial charge is 0.311 e. The molecule has 0 unspecified atom stereocenters. The van der Waals surface area contributed by atoms with Gasteiger partial charge in [-0.25, -0.2) is 0 Å². The van der Waals surface area contributed by atoms with E-state index in [0.29, 0.717) is 18.8 Å². The number of rotatable bonds is 10. The van der Waals surface area contributed by atoms with Gasteiger partial charge in [0.15, 0.2) is 0 Å². The summed E-state index contributed by atoms with van der Waals surface area (Å²) >= 11 is 0. The van der Waals surface area contributed by atoms with Crippen LogP contribution >= 0.6 is 0 Å². The molecule has 0 aliphatic rings. The molecule has 3 aromatic carbocycles. The van der Waals surface area contributed by atoms with Gasteiger partial charge in [0.2, 0.25) is 0 Å². The van der Waals surface area contributed by atoms with Gasteiger partial charge in [-0.15, -0.1) is 0 Å². The van der Waals surface area contributed by atoms with Crippen molar-refractivity contribution in [3.8, 4) is 11.5 Å². The van der Waals surface area contributed by atoms with Gasteiger partial charge in [-0.05, 0) is 79.5 Å². The fourth-order valence-corrected chi connectivity index (χ4v) is 3.57. The molecule has 0 atom stereocenters. The SMILES string of the molecule is CCCC(=O)Oc1ccc(/C(=C(/C)c2ccccc2)c2ccc(OCCN(C)C)cc2)cc1. The van der Waals surface area contributed by atoms with Crippen LogP contribution in [0, 0.1) is 0 Å². The van der Waals surface area contributed by atoms with E-state index in [1.807, 2.05) is 63.5 Å². The summed E-state index contributed by atoms with van der Waals surface area (Å²) in [7, 11) is 4.07. The van der Waals surface area contributed by atoms with Gasteiger partial charge in [-0.3, -0.25) is 4.79 Å². The second-order valence-corrected chi connectivity index (χ2v) is 8.29. The van der Waals surface area contributed by atoms with Crippen LogP contribution in [0.15, 0.2) is 78.9 Å². The van der Waals surface area contributed by atoms with Crippen molar-refractivity contribution in [3.63, 3.8) is 0 Å². The van der Waals surface area contributed by atoms with Crippen LogP contribution in [0.25, 0.3) is 11.1 Å². The zero-order valence-corrected chi connectivity index (χ0v) is 20.0. The van der Waals surface area contributed by atoms with E-state index in [9.17, 15) is 4.79 Å². The quantitative estimate of drug-likeness (QED) is 0.209. The average Bonchev–Trinajstić information content (AvgIpc) is 2.82. The Bertz CT molecular complexity index is 1050. The van der Waals surface area contributed by atoms with Crippen LogP contribution in [0.4, 0.5) is 0 Å². The van der Waals surface area contributed by atoms with Gasteiger partial charge in [-0.2, -0.15) is 0 Å². The first-order valence-electron chi connectivity index (χ1n) is 11.4. The summed E-state index contributed by atoms with van der Waals surface area (Å²) in [5, 5.41) is 0. The molecule has 0 aliphatic carbocycles. The van der Waals surface area contributed by atoms with E-state index in [1.54, 1.807) is 0 Å². The van der Waals surface area contributed by atoms with E-state index in [4.69, 9.17) is 9.47 Å². The van der Waals surface area contributed by atoms with E-state index in [-0.39, 0.29) is 5.97 Å². The molecule has 0 aliphatic heterocycles. The highest BCUT2D eigenvalue weighted by molar-refractivity contribution is 5.98. The van der Waals surface area contributed by atoms with Crippen LogP contribution in [0.1, 0.15) is 43.4 Å². The van der Waals surface area contributed by atoms with E-state index in [2.05, 4.69) is 48.2 Å². The molecule has 0 saturated carbocycles. The number of likely N-dealkylation sites (N-methyl/N-ethyl adjacent to an activating group) is 1. The Morgan fingerprint density at radius 3 is 1.91 bits per heavy atom. The topological polar surface area (TPSA) is 38.8 Å². The first-order chi connectivity index (χ1) is 16.0. The summed E-state index contributed by atoms with van der Waals surface area (Å²) in [5.74, 6) is 1.22. The predicted molar refractivity (Wildman–Crippen MR) is 136 cm³/mol. The maximum absolute atomic E-state index is 11.8. The third-order valence-electron chi connectivity index (χ3n) is 5.36. The molecule has 0 heterocycles. The molecule has 0 fully saturated rings. The second-order valence-electron chi connectivity index (χ2n) is 8.29. The fraction of sp³-hybridized carbons (Fsp3) is 0.276. The second kappa shape index (κ2) is 12.0. The van der Waals surface area contributed by atoms with E-state index >= 15 is 0 Å². The Morgan fingerprint density at radius 1 is 0.788 bits per heavy atom. The number of hydrogen-bond acceptors (Lipinski definition) is 4. The van der Waals surface area contributed by atoms with E-state index in [0.717, 1.165) is 41.0 Å². The first-order valence-corrected chi connectivity index (χ1v) is 11.4. The van der Waals surface area contributed by atoms with Crippen molar-refractivity contribution in [2.24, 2.45) is 0 Å². The molecule has 3 aromatic rings. The lowest BCUT2D eigenvalue weighted by Crippen LogP contribution is -2.19. The number of benzene rings is 3. The Hall–Kier alpha value is -3.37. The maximum atomic E-state index is 11.8. The number of hydrogen-bond donors (Lipinski definition) is 0. The van der Waals surface area contributed by atoms with Gasteiger partial charge in [0, 0.05) is 13.0 Å². The number of carbonyl (C=O) groups is 1. The van der Waals surface area contributed by atoms with Crippen LogP contribution in [0.5, 0.6) is 11.5 Å². The normalized spacial score (nSPS) is 11.8. The Labute approximate surface area is 197 Å². The van der Waals surface area contributed by atoms with Gasteiger partial charge in [0.1, 0.15) is 18.1 Å². The van der Waals surface area contributed by atoms with Crippen molar-refractivity contribution < 1.29 is 14.3 Å². The number of allylic oxidation sites excluding steroid dienone is 1. The largest absolute Gasteiger partial charge is 0.492 e. The molecule has 0 aromatic heterocycles. The number of esters is 1. The van der Waals surface area contributed by atoms with Crippen LogP contribution in [-0.4, -0.2) is 38.1 Å². The lowest BCUT2D eigenvalue weighted by Gasteiger charge is -2.16. The van der Waals surface area contributed by atoms with E-state index in [1.165, 1.54) is 5.57 Å². The molecule has 33 heavy (non-hydrogen) atoms. The van der Waals surface area contributed by atoms with Gasteiger partial charge >= 0.3 is 5.97 Å². The zero-order valence-electron chi connectivity index (χ0n) is 20.0. The Kier molecular flexibility index (Phi) is 8.85. The van der Waals surface area contributed by atoms with Crippen molar-refractivity contribution in [2.45, 2.75) is 26.7 Å². The van der Waals surface area contributed by atoms with Crippen molar-refractivity contribution in [1.82, 2.24) is 4.90 Å². The summed E-state index contributed by atoms with van der Waals surface area (Å²) in [5.41, 5.74) is 5.64. The standard InChI is InChI=1S/C29H33NO3/c1-5-9-28(31)33-27-18-14-25(15-19-27)29(22(2)23-10-7-6-8-11-23)24-12-16-26(17-13-24)32-21-20-30(3)4/h6-8,10-19H,5,9,20-21H2,1-4H3/b29-22-. The van der Waals surface area contributed by atoms with Crippen molar-refractivity contribution in [3.05, 3.63) is 95.6 Å². The van der Waals surface area contributed by atoms with Gasteiger partial charge in [0.25, 0.3) is 0 Å². The monoisotopic (exact) mass is 443 g/mol. The number of ether oxygens (including phenoxy) is 2. The molecule has 4 heteroatoms. The third-order valence-corrected chi connectivity index (χ3v) is 5.36. The minimum Gasteiger partial charge on any atom is -0.492 e. The predicted octanol–water partition coefficient (Wildman–Crippen LogP) is 6.31. The van der Waals surface area contributed by atoms with Gasteiger partial charge in [-0.1, -0.05) is 61.5 Å². The minimum absolute atomic E-state index is 0.202. The van der Waals surface area contributed by atoms with Gasteiger partial charge < -0.3 is 14.4 Å². The molecule has 4 nitrogen and oxygen atoms in total. The molecule has 0 radical (unpaired) electrons. The molecule has 0 bridgehead atoms. The molecule has 3 rings (SSSR count). The third kappa shape index (κ3) is 7.06. The van der Waals surface area contributed by atoms with Crippen LogP contribution < -0.4 is 9.47 Å². The molecule has 0 spiro atoms. The maximum Gasteiger partial charge on any atom is 0.311 e. The first kappa shape index (κ1) is 24.3. The van der Waals surface area contributed by atoms with Crippen molar-refractivity contribution in [1.29, 1.82) is 0 Å². The van der Waals surface area contributed by atoms with Crippen LogP contribution in [0.3, 0.4) is 0 Å². The molecule has 0 saturated heterocycles. The highest BCUT2D eigenvalue weighted by Gasteiger charge is 2.12. The number of carbonyl (C=O) groups excluding carboxylic acids is 1. The summed E-state index contributed by atoms with van der Waals surface area (Å²) in [6.07, 6.45) is 1.19. The average molecular weight is 444 g/mol. The molecule has 0 amide bonds. The zero-order chi connectivity index (χ0) is 23.6. The Morgan fingerprint density at radius 2 is 1.36 bits per heavy atom. The highest BCUT2D eigenvalue weighted by atomic mass is 16.5. The van der Waals surface area contributed by atoms with Crippen molar-refractivity contribution >= 4 is 17.1 Å². The molecular formula is C29H33NO3. The Balaban J connectivity index is 1.92. The highest BCUT2D eigenvalue weighted by Crippen LogP contribution is 2.33. The summed E-state index contributed by atoms with van der Waals surface area (Å²) in [4.78, 5) is 13.9. The summed E-state index contributed by atoms with van der Waals surface area (Å²) < 4.78 is 11.3. The fourth-order valence-electron chi connectivity index (χ4n) is 3.57. The van der Waals surface area contributed by atoms with Crippen LogP contribution in [0.2, 0.25) is 0 Å². The number of nitrogens with zero attached hydrogens (tertiary/aromatic N) is 1. The van der Waals surface area contributed by atoms with Gasteiger partial charge in [0.05, 0.1) is 0 Å². The summed E-state index contributed by atoms with van der Waals surface area (Å²) in [6, 6.07) is 26.3. The lowest BCUT2D eigenvalue weighted by atomic mass is 9.90. The van der Waals surface area contributed by atoms with E-state index < -0.39 is 0 Å². The minimum atomic E-state index is -0.202.